The first-order chi connectivity index (χ1) is 11.2. The molecule has 2 rings (SSSR count). The quantitative estimate of drug-likeness (QED) is 0.169. The molecule has 0 atom stereocenters. The molecule has 0 unspecified atom stereocenters. The van der Waals surface area contributed by atoms with Gasteiger partial charge in [-0.1, -0.05) is 35.3 Å². The predicted octanol–water partition coefficient (Wildman–Crippen LogP) is 2.88. The summed E-state index contributed by atoms with van der Waals surface area (Å²) in [4.78, 5) is 4.14. The first-order valence-corrected chi connectivity index (χ1v) is 8.90. The van der Waals surface area contributed by atoms with E-state index in [2.05, 4.69) is 20.0 Å². The van der Waals surface area contributed by atoms with Gasteiger partial charge in [0.15, 0.2) is 16.6 Å². The highest BCUT2D eigenvalue weighted by atomic mass is 35.5. The maximum Gasteiger partial charge on any atom is 0.186 e. The van der Waals surface area contributed by atoms with Gasteiger partial charge in [-0.3, -0.25) is 15.4 Å². The van der Waals surface area contributed by atoms with Crippen LogP contribution in [-0.2, 0) is 0 Å². The van der Waals surface area contributed by atoms with Crippen molar-refractivity contribution in [1.29, 1.82) is 0 Å². The summed E-state index contributed by atoms with van der Waals surface area (Å²) < 4.78 is 21.0. The van der Waals surface area contributed by atoms with Gasteiger partial charge in [0, 0.05) is 12.3 Å². The highest BCUT2D eigenvalue weighted by Gasteiger charge is 2.17. The lowest BCUT2D eigenvalue weighted by molar-refractivity contribution is 0.234. The summed E-state index contributed by atoms with van der Waals surface area (Å²) in [7, 11) is 0. The molecular weight excluding hydrogens is 365 g/mol. The third-order valence-corrected chi connectivity index (χ3v) is 4.25. The predicted molar refractivity (Wildman–Crippen MR) is 89.1 cm³/mol. The lowest BCUT2D eigenvalue weighted by atomic mass is 10.3. The Bertz CT molecular complexity index is 685. The monoisotopic (exact) mass is 377 g/mol. The fourth-order valence-corrected chi connectivity index (χ4v) is 2.89. The summed E-state index contributed by atoms with van der Waals surface area (Å²) in [6.45, 7) is 0.755. The van der Waals surface area contributed by atoms with E-state index in [0.29, 0.717) is 10.7 Å². The zero-order valence-electron chi connectivity index (χ0n) is 11.9. The smallest absolute Gasteiger partial charge is 0.186 e. The summed E-state index contributed by atoms with van der Waals surface area (Å²) in [5.74, 6) is 0.197. The molecule has 0 aliphatic carbocycles. The van der Waals surface area contributed by atoms with Gasteiger partial charge in [-0.05, 0) is 34.8 Å². The lowest BCUT2D eigenvalue weighted by Gasteiger charge is -2.04. The Morgan fingerprint density at radius 2 is 2.30 bits per heavy atom. The zero-order chi connectivity index (χ0) is 16.7. The summed E-state index contributed by atoms with van der Waals surface area (Å²) in [6.07, 6.45) is 1.93. The van der Waals surface area contributed by atoms with E-state index >= 15 is 0 Å². The van der Waals surface area contributed by atoms with Crippen molar-refractivity contribution in [3.8, 4) is 0 Å². The minimum Gasteiger partial charge on any atom is -0.290 e. The SMILES string of the molecule is CSNCCSc1nonc1C(=Nc1ccc(F)c(Cl)c1)NO. The van der Waals surface area contributed by atoms with Crippen molar-refractivity contribution >= 4 is 46.8 Å². The number of thioether (sulfide) groups is 1. The van der Waals surface area contributed by atoms with Gasteiger partial charge in [-0.25, -0.2) is 14.0 Å². The van der Waals surface area contributed by atoms with E-state index in [1.807, 2.05) is 11.7 Å². The Morgan fingerprint density at radius 1 is 1.48 bits per heavy atom. The molecule has 11 heteroatoms. The van der Waals surface area contributed by atoms with E-state index in [1.54, 1.807) is 0 Å². The maximum atomic E-state index is 13.2. The van der Waals surface area contributed by atoms with Crippen molar-refractivity contribution in [3.05, 3.63) is 34.7 Å². The molecule has 0 aliphatic rings. The Morgan fingerprint density at radius 3 is 3.00 bits per heavy atom. The lowest BCUT2D eigenvalue weighted by Crippen LogP contribution is -2.21. The number of amidine groups is 1. The fourth-order valence-electron chi connectivity index (χ4n) is 1.53. The number of hydrogen-bond acceptors (Lipinski definition) is 8. The van der Waals surface area contributed by atoms with Crippen LogP contribution >= 0.6 is 35.3 Å². The maximum absolute atomic E-state index is 13.2. The summed E-state index contributed by atoms with van der Waals surface area (Å²) in [5.41, 5.74) is 2.54. The second-order valence-corrected chi connectivity index (χ2v) is 6.22. The van der Waals surface area contributed by atoms with Crippen molar-refractivity contribution < 1.29 is 14.2 Å². The van der Waals surface area contributed by atoms with Crippen molar-refractivity contribution in [1.82, 2.24) is 20.5 Å². The molecule has 0 amide bonds. The standard InChI is InChI=1S/C12H13ClFN5O2S2/c1-22-15-4-5-23-12-10(18-21-19-12)11(17-20)16-7-2-3-9(14)8(13)6-7/h2-3,6,15,20H,4-5H2,1H3,(H,16,17). The number of nitrogens with zero attached hydrogens (tertiary/aromatic N) is 3. The van der Waals surface area contributed by atoms with Gasteiger partial charge in [-0.15, -0.1) is 0 Å². The van der Waals surface area contributed by atoms with Crippen LogP contribution < -0.4 is 10.2 Å². The van der Waals surface area contributed by atoms with Crippen LogP contribution in [0.1, 0.15) is 5.69 Å². The molecule has 1 heterocycles. The van der Waals surface area contributed by atoms with Gasteiger partial charge < -0.3 is 0 Å². The van der Waals surface area contributed by atoms with Crippen LogP contribution in [0.15, 0.2) is 32.8 Å². The van der Waals surface area contributed by atoms with Gasteiger partial charge in [0.2, 0.25) is 0 Å². The molecule has 0 saturated carbocycles. The number of rotatable bonds is 7. The van der Waals surface area contributed by atoms with E-state index in [4.69, 9.17) is 16.2 Å². The van der Waals surface area contributed by atoms with Crippen molar-refractivity contribution in [2.75, 3.05) is 18.6 Å². The molecule has 23 heavy (non-hydrogen) atoms. The van der Waals surface area contributed by atoms with Gasteiger partial charge >= 0.3 is 0 Å². The van der Waals surface area contributed by atoms with Gasteiger partial charge in [-0.2, -0.15) is 0 Å². The van der Waals surface area contributed by atoms with E-state index in [0.717, 1.165) is 12.3 Å². The second-order valence-electron chi connectivity index (χ2n) is 4.04. The molecule has 2 aromatic rings. The number of nitrogens with one attached hydrogen (secondary N) is 2. The molecule has 0 spiro atoms. The topological polar surface area (TPSA) is 95.6 Å². The van der Waals surface area contributed by atoms with Gasteiger partial charge in [0.25, 0.3) is 0 Å². The number of hydroxylamine groups is 1. The van der Waals surface area contributed by atoms with Crippen LogP contribution in [0.5, 0.6) is 0 Å². The molecular formula is C12H13ClFN5O2S2. The molecule has 124 valence electrons. The summed E-state index contributed by atoms with van der Waals surface area (Å²) in [5, 5.41) is 17.2. The Labute approximate surface area is 145 Å². The Kier molecular flexibility index (Phi) is 7.12. The Balaban J connectivity index is 2.18. The number of aliphatic imine (C=N–C) groups is 1. The van der Waals surface area contributed by atoms with Crippen LogP contribution in [0.3, 0.4) is 0 Å². The van der Waals surface area contributed by atoms with Crippen LogP contribution in [-0.4, -0.2) is 39.9 Å². The fraction of sp³-hybridized carbons (Fsp3) is 0.250. The van der Waals surface area contributed by atoms with E-state index in [-0.39, 0.29) is 16.6 Å². The average Bonchev–Trinajstić information content (AvgIpc) is 3.01. The molecule has 0 bridgehead atoms. The second kappa shape index (κ2) is 9.08. The highest BCUT2D eigenvalue weighted by molar-refractivity contribution is 7.99. The van der Waals surface area contributed by atoms with E-state index in [1.165, 1.54) is 41.9 Å². The van der Waals surface area contributed by atoms with Crippen LogP contribution in [0.2, 0.25) is 5.02 Å². The van der Waals surface area contributed by atoms with E-state index < -0.39 is 5.82 Å². The minimum atomic E-state index is -0.551. The van der Waals surface area contributed by atoms with Crippen LogP contribution in [0.25, 0.3) is 0 Å². The zero-order valence-corrected chi connectivity index (χ0v) is 14.3. The average molecular weight is 378 g/mol. The molecule has 0 fully saturated rings. The first-order valence-electron chi connectivity index (χ1n) is 6.31. The molecule has 3 N–H and O–H groups in total. The number of halogens is 2. The number of aromatic nitrogens is 2. The molecule has 0 saturated heterocycles. The Hall–Kier alpha value is -1.33. The van der Waals surface area contributed by atoms with Crippen molar-refractivity contribution in [2.24, 2.45) is 4.99 Å². The number of hydrogen-bond donors (Lipinski definition) is 3. The third kappa shape index (κ3) is 5.08. The van der Waals surface area contributed by atoms with Crippen molar-refractivity contribution in [2.45, 2.75) is 5.03 Å². The molecule has 0 aliphatic heterocycles. The van der Waals surface area contributed by atoms with Crippen LogP contribution in [0.4, 0.5) is 10.1 Å². The highest BCUT2D eigenvalue weighted by Crippen LogP contribution is 2.24. The molecule has 0 radical (unpaired) electrons. The largest absolute Gasteiger partial charge is 0.290 e. The molecule has 1 aromatic carbocycles. The van der Waals surface area contributed by atoms with Gasteiger partial charge in [0.1, 0.15) is 5.82 Å². The van der Waals surface area contributed by atoms with E-state index in [9.17, 15) is 9.60 Å². The van der Waals surface area contributed by atoms with Crippen LogP contribution in [0, 0.1) is 5.82 Å². The van der Waals surface area contributed by atoms with Gasteiger partial charge in [0.05, 0.1) is 10.7 Å². The third-order valence-electron chi connectivity index (χ3n) is 2.52. The summed E-state index contributed by atoms with van der Waals surface area (Å²) >= 11 is 8.62. The minimum absolute atomic E-state index is 0.0225. The molecule has 1 aromatic heterocycles. The first kappa shape index (κ1) is 18.0. The normalized spacial score (nSPS) is 11.7. The van der Waals surface area contributed by atoms with Crippen molar-refractivity contribution in [3.63, 3.8) is 0 Å². The number of benzene rings is 1. The molecule has 7 nitrogen and oxygen atoms in total. The summed E-state index contributed by atoms with van der Waals surface area (Å²) in [6, 6.07) is 3.93.